The van der Waals surface area contributed by atoms with Crippen LogP contribution in [0.4, 0.5) is 11.4 Å². The van der Waals surface area contributed by atoms with Crippen molar-refractivity contribution in [1.82, 2.24) is 25.1 Å². The second-order valence-electron chi connectivity index (χ2n) is 9.72. The topological polar surface area (TPSA) is 62.6 Å². The molecule has 4 rings (SSSR count). The molecule has 0 N–H and O–H groups in total. The molecule has 1 saturated heterocycles. The Labute approximate surface area is 203 Å². The number of tetrazole rings is 1. The van der Waals surface area contributed by atoms with Gasteiger partial charge in [0.05, 0.1) is 18.7 Å². The number of ether oxygens (including phenoxy) is 1. The lowest BCUT2D eigenvalue weighted by molar-refractivity contribution is 0.187. The molecular formula is C26H37N7O. The molecule has 3 aromatic rings. The Morgan fingerprint density at radius 1 is 0.971 bits per heavy atom. The second-order valence-corrected chi connectivity index (χ2v) is 9.72. The van der Waals surface area contributed by atoms with Gasteiger partial charge in [0.25, 0.3) is 0 Å². The summed E-state index contributed by atoms with van der Waals surface area (Å²) >= 11 is 0. The number of nitrogens with zero attached hydrogens (tertiary/aromatic N) is 7. The normalized spacial score (nSPS) is 15.9. The highest BCUT2D eigenvalue weighted by molar-refractivity contribution is 5.50. The average Bonchev–Trinajstić information content (AvgIpc) is 3.35. The van der Waals surface area contributed by atoms with Gasteiger partial charge >= 0.3 is 0 Å². The third-order valence-corrected chi connectivity index (χ3v) is 7.02. The second kappa shape index (κ2) is 10.0. The number of aromatic nitrogens is 4. The monoisotopic (exact) mass is 463 g/mol. The standard InChI is InChI=1S/C26H37N7O/c1-7-26(2,3)33-25(27-28-29-33)24(20-8-10-21(11-9-20)30(4)5)32-18-16-31(17-19-32)22-12-14-23(34-6)15-13-22/h8-15,24H,7,16-19H2,1-6H3/t24-/m0/s1. The van der Waals surface area contributed by atoms with Crippen molar-refractivity contribution >= 4 is 11.4 Å². The number of anilines is 2. The van der Waals surface area contributed by atoms with E-state index >= 15 is 0 Å². The van der Waals surface area contributed by atoms with Crippen molar-refractivity contribution in [2.75, 3.05) is 57.2 Å². The van der Waals surface area contributed by atoms with Crippen LogP contribution in [0, 0.1) is 0 Å². The van der Waals surface area contributed by atoms with E-state index in [1.165, 1.54) is 16.9 Å². The number of hydrogen-bond acceptors (Lipinski definition) is 7. The molecule has 8 nitrogen and oxygen atoms in total. The molecule has 0 saturated carbocycles. The van der Waals surface area contributed by atoms with E-state index in [4.69, 9.17) is 4.74 Å². The third-order valence-electron chi connectivity index (χ3n) is 7.02. The van der Waals surface area contributed by atoms with Crippen LogP contribution in [0.1, 0.15) is 44.6 Å². The van der Waals surface area contributed by atoms with Crippen LogP contribution < -0.4 is 14.5 Å². The zero-order chi connectivity index (χ0) is 24.3. The van der Waals surface area contributed by atoms with Crippen molar-refractivity contribution in [3.05, 3.63) is 59.9 Å². The maximum Gasteiger partial charge on any atom is 0.173 e. The van der Waals surface area contributed by atoms with Crippen LogP contribution in [-0.2, 0) is 5.54 Å². The summed E-state index contributed by atoms with van der Waals surface area (Å²) < 4.78 is 7.34. The largest absolute Gasteiger partial charge is 0.497 e. The summed E-state index contributed by atoms with van der Waals surface area (Å²) in [5.41, 5.74) is 3.46. The first-order valence-corrected chi connectivity index (χ1v) is 12.0. The van der Waals surface area contributed by atoms with Crippen LogP contribution in [0.3, 0.4) is 0 Å². The number of benzene rings is 2. The molecule has 2 heterocycles. The number of piperazine rings is 1. The van der Waals surface area contributed by atoms with Crippen LogP contribution in [0.5, 0.6) is 5.75 Å². The minimum absolute atomic E-state index is 0.00458. The molecule has 8 heteroatoms. The van der Waals surface area contributed by atoms with E-state index in [1.807, 2.05) is 16.8 Å². The van der Waals surface area contributed by atoms with E-state index in [0.717, 1.165) is 44.2 Å². The first-order valence-electron chi connectivity index (χ1n) is 12.0. The highest BCUT2D eigenvalue weighted by Crippen LogP contribution is 2.33. The summed E-state index contributed by atoms with van der Waals surface area (Å²) in [5, 5.41) is 13.1. The minimum Gasteiger partial charge on any atom is -0.497 e. The fraction of sp³-hybridized carbons (Fsp3) is 0.500. The molecule has 1 aliphatic rings. The van der Waals surface area contributed by atoms with E-state index in [1.54, 1.807) is 7.11 Å². The van der Waals surface area contributed by atoms with Gasteiger partial charge in [0, 0.05) is 51.6 Å². The first kappa shape index (κ1) is 24.0. The Balaban J connectivity index is 1.62. The molecule has 0 amide bonds. The van der Waals surface area contributed by atoms with Crippen LogP contribution in [0.25, 0.3) is 0 Å². The van der Waals surface area contributed by atoms with Gasteiger partial charge < -0.3 is 14.5 Å². The molecule has 0 aliphatic carbocycles. The number of rotatable bonds is 8. The van der Waals surface area contributed by atoms with Gasteiger partial charge in [-0.15, -0.1) is 5.10 Å². The highest BCUT2D eigenvalue weighted by Gasteiger charge is 2.34. The summed E-state index contributed by atoms with van der Waals surface area (Å²) in [6.45, 7) is 10.3. The molecule has 34 heavy (non-hydrogen) atoms. The SMILES string of the molecule is CCC(C)(C)n1nnnc1[C@H](c1ccc(N(C)C)cc1)N1CCN(c2ccc(OC)cc2)CC1. The molecule has 0 radical (unpaired) electrons. The van der Waals surface area contributed by atoms with Gasteiger partial charge in [-0.2, -0.15) is 0 Å². The quantitative estimate of drug-likeness (QED) is 0.503. The highest BCUT2D eigenvalue weighted by atomic mass is 16.5. The van der Waals surface area contributed by atoms with E-state index in [0.29, 0.717) is 0 Å². The van der Waals surface area contributed by atoms with Crippen LogP contribution in [0.15, 0.2) is 48.5 Å². The zero-order valence-electron chi connectivity index (χ0n) is 21.3. The van der Waals surface area contributed by atoms with Gasteiger partial charge in [0.2, 0.25) is 0 Å². The lowest BCUT2D eigenvalue weighted by Crippen LogP contribution is -2.48. The zero-order valence-corrected chi connectivity index (χ0v) is 21.3. The summed E-state index contributed by atoms with van der Waals surface area (Å²) in [6.07, 6.45) is 0.947. The van der Waals surface area contributed by atoms with Crippen molar-refractivity contribution in [2.24, 2.45) is 0 Å². The Morgan fingerprint density at radius 3 is 2.18 bits per heavy atom. The lowest BCUT2D eigenvalue weighted by atomic mass is 9.98. The van der Waals surface area contributed by atoms with Crippen LogP contribution >= 0.6 is 0 Å². The molecule has 0 bridgehead atoms. The summed E-state index contributed by atoms with van der Waals surface area (Å²) in [5.74, 6) is 1.79. The van der Waals surface area contributed by atoms with Crippen molar-refractivity contribution in [3.63, 3.8) is 0 Å². The Kier molecular flexibility index (Phi) is 7.07. The summed E-state index contributed by atoms with van der Waals surface area (Å²) in [7, 11) is 5.83. The van der Waals surface area contributed by atoms with Gasteiger partial charge in [-0.1, -0.05) is 19.1 Å². The molecule has 1 aliphatic heterocycles. The van der Waals surface area contributed by atoms with E-state index in [9.17, 15) is 0 Å². The molecular weight excluding hydrogens is 426 g/mol. The Hall–Kier alpha value is -3.13. The van der Waals surface area contributed by atoms with E-state index in [-0.39, 0.29) is 11.6 Å². The predicted octanol–water partition coefficient (Wildman–Crippen LogP) is 3.80. The van der Waals surface area contributed by atoms with Crippen molar-refractivity contribution in [2.45, 2.75) is 38.8 Å². The van der Waals surface area contributed by atoms with Crippen molar-refractivity contribution in [3.8, 4) is 5.75 Å². The van der Waals surface area contributed by atoms with Crippen molar-refractivity contribution in [1.29, 1.82) is 0 Å². The summed E-state index contributed by atoms with van der Waals surface area (Å²) in [6, 6.07) is 17.1. The number of hydrogen-bond donors (Lipinski definition) is 0. The van der Waals surface area contributed by atoms with Crippen LogP contribution in [0.2, 0.25) is 0 Å². The predicted molar refractivity (Wildman–Crippen MR) is 137 cm³/mol. The Bertz CT molecular complexity index is 1050. The maximum atomic E-state index is 5.32. The Morgan fingerprint density at radius 2 is 1.62 bits per heavy atom. The van der Waals surface area contributed by atoms with Gasteiger partial charge in [-0.3, -0.25) is 4.90 Å². The molecule has 1 fully saturated rings. The lowest BCUT2D eigenvalue weighted by Gasteiger charge is -2.40. The fourth-order valence-electron chi connectivity index (χ4n) is 4.45. The third kappa shape index (κ3) is 4.87. The molecule has 1 aromatic heterocycles. The average molecular weight is 464 g/mol. The molecule has 182 valence electrons. The van der Waals surface area contributed by atoms with Gasteiger partial charge in [0.1, 0.15) is 5.75 Å². The molecule has 2 aromatic carbocycles. The van der Waals surface area contributed by atoms with Gasteiger partial charge in [-0.05, 0) is 72.7 Å². The molecule has 0 spiro atoms. The van der Waals surface area contributed by atoms with Gasteiger partial charge in [0.15, 0.2) is 5.82 Å². The van der Waals surface area contributed by atoms with E-state index < -0.39 is 0 Å². The van der Waals surface area contributed by atoms with Gasteiger partial charge in [-0.25, -0.2) is 4.68 Å². The smallest absolute Gasteiger partial charge is 0.173 e. The first-order chi connectivity index (χ1) is 16.3. The minimum atomic E-state index is -0.161. The van der Waals surface area contributed by atoms with Crippen LogP contribution in [-0.4, -0.2) is 72.5 Å². The molecule has 1 atom stereocenters. The van der Waals surface area contributed by atoms with E-state index in [2.05, 4.69) is 101 Å². The van der Waals surface area contributed by atoms with Crippen molar-refractivity contribution < 1.29 is 4.74 Å². The molecule has 0 unspecified atom stereocenters. The fourth-order valence-corrected chi connectivity index (χ4v) is 4.45. The summed E-state index contributed by atoms with van der Waals surface area (Å²) in [4.78, 5) is 7.07. The maximum absolute atomic E-state index is 5.32. The number of methoxy groups -OCH3 is 1.